The first-order chi connectivity index (χ1) is 8.81. The maximum atomic E-state index is 5.77. The Hall–Kier alpha value is -2.03. The highest BCUT2D eigenvalue weighted by Crippen LogP contribution is 2.23. The minimum absolute atomic E-state index is 0.789. The van der Waals surface area contributed by atoms with Crippen LogP contribution in [0.25, 0.3) is 0 Å². The Labute approximate surface area is 108 Å². The number of anilines is 1. The molecular weight excluding hydrogens is 224 g/mol. The van der Waals surface area contributed by atoms with Gasteiger partial charge < -0.3 is 10.1 Å². The van der Waals surface area contributed by atoms with E-state index in [9.17, 15) is 0 Å². The number of aryl methyl sites for hydroxylation is 1. The Balaban J connectivity index is 2.08. The number of pyridine rings is 1. The fourth-order valence-corrected chi connectivity index (χ4v) is 1.76. The van der Waals surface area contributed by atoms with Gasteiger partial charge in [-0.15, -0.1) is 0 Å². The summed E-state index contributed by atoms with van der Waals surface area (Å²) >= 11 is 0. The molecule has 0 saturated heterocycles. The minimum Gasteiger partial charge on any atom is -0.457 e. The van der Waals surface area contributed by atoms with Gasteiger partial charge in [-0.05, 0) is 30.2 Å². The summed E-state index contributed by atoms with van der Waals surface area (Å²) in [6, 6.07) is 12.0. The van der Waals surface area contributed by atoms with Crippen molar-refractivity contribution in [3.63, 3.8) is 0 Å². The number of hydrogen-bond acceptors (Lipinski definition) is 3. The van der Waals surface area contributed by atoms with Gasteiger partial charge in [0.2, 0.25) is 0 Å². The lowest BCUT2D eigenvalue weighted by atomic mass is 10.1. The van der Waals surface area contributed by atoms with Gasteiger partial charge in [0.15, 0.2) is 0 Å². The van der Waals surface area contributed by atoms with E-state index in [1.54, 1.807) is 6.20 Å². The third-order valence-electron chi connectivity index (χ3n) is 2.69. The van der Waals surface area contributed by atoms with Gasteiger partial charge in [0.25, 0.3) is 0 Å². The van der Waals surface area contributed by atoms with Crippen LogP contribution >= 0.6 is 0 Å². The van der Waals surface area contributed by atoms with E-state index in [2.05, 4.69) is 29.4 Å². The standard InChI is InChI=1S/C15H18N2O/c1-3-4-12-5-7-13(8-6-12)18-14-9-10-17-15(11-14)16-2/h5-11H,3-4H2,1-2H3,(H,16,17). The summed E-state index contributed by atoms with van der Waals surface area (Å²) in [4.78, 5) is 4.15. The molecule has 1 aromatic heterocycles. The molecule has 1 heterocycles. The lowest BCUT2D eigenvalue weighted by Crippen LogP contribution is -1.92. The third kappa shape index (κ3) is 3.23. The fraction of sp³-hybridized carbons (Fsp3) is 0.267. The van der Waals surface area contributed by atoms with Crippen LogP contribution in [0.5, 0.6) is 11.5 Å². The predicted molar refractivity (Wildman–Crippen MR) is 74.3 cm³/mol. The van der Waals surface area contributed by atoms with Crippen molar-refractivity contribution in [2.24, 2.45) is 0 Å². The van der Waals surface area contributed by atoms with E-state index in [0.29, 0.717) is 0 Å². The van der Waals surface area contributed by atoms with Crippen molar-refractivity contribution in [2.45, 2.75) is 19.8 Å². The first-order valence-electron chi connectivity index (χ1n) is 6.22. The number of aromatic nitrogens is 1. The highest BCUT2D eigenvalue weighted by Gasteiger charge is 1.99. The van der Waals surface area contributed by atoms with Crippen LogP contribution in [0.1, 0.15) is 18.9 Å². The number of benzene rings is 1. The number of hydrogen-bond donors (Lipinski definition) is 1. The van der Waals surface area contributed by atoms with Crippen molar-refractivity contribution in [3.8, 4) is 11.5 Å². The SMILES string of the molecule is CCCc1ccc(Oc2ccnc(NC)c2)cc1. The molecule has 0 unspecified atom stereocenters. The van der Waals surface area contributed by atoms with Gasteiger partial charge in [-0.3, -0.25) is 0 Å². The van der Waals surface area contributed by atoms with E-state index in [-0.39, 0.29) is 0 Å². The van der Waals surface area contributed by atoms with Crippen LogP contribution in [0.4, 0.5) is 5.82 Å². The van der Waals surface area contributed by atoms with Crippen molar-refractivity contribution in [1.82, 2.24) is 4.98 Å². The largest absolute Gasteiger partial charge is 0.457 e. The molecule has 0 radical (unpaired) electrons. The molecule has 2 aromatic rings. The Morgan fingerprint density at radius 1 is 1.11 bits per heavy atom. The molecule has 0 aliphatic heterocycles. The number of rotatable bonds is 5. The first kappa shape index (κ1) is 12.4. The van der Waals surface area contributed by atoms with Gasteiger partial charge in [-0.1, -0.05) is 25.5 Å². The van der Waals surface area contributed by atoms with Crippen LogP contribution in [0, 0.1) is 0 Å². The topological polar surface area (TPSA) is 34.1 Å². The minimum atomic E-state index is 0.789. The molecule has 3 nitrogen and oxygen atoms in total. The van der Waals surface area contributed by atoms with Crippen LogP contribution in [0.15, 0.2) is 42.6 Å². The monoisotopic (exact) mass is 242 g/mol. The normalized spacial score (nSPS) is 10.1. The zero-order chi connectivity index (χ0) is 12.8. The van der Waals surface area contributed by atoms with Gasteiger partial charge >= 0.3 is 0 Å². The molecule has 0 saturated carbocycles. The van der Waals surface area contributed by atoms with Gasteiger partial charge in [0, 0.05) is 19.3 Å². The average molecular weight is 242 g/mol. The van der Waals surface area contributed by atoms with Crippen LogP contribution < -0.4 is 10.1 Å². The summed E-state index contributed by atoms with van der Waals surface area (Å²) < 4.78 is 5.77. The Morgan fingerprint density at radius 2 is 1.89 bits per heavy atom. The second-order valence-corrected chi connectivity index (χ2v) is 4.12. The Kier molecular flexibility index (Phi) is 4.18. The summed E-state index contributed by atoms with van der Waals surface area (Å²) in [6.45, 7) is 2.18. The molecule has 18 heavy (non-hydrogen) atoms. The molecule has 0 atom stereocenters. The average Bonchev–Trinajstić information content (AvgIpc) is 2.42. The first-order valence-corrected chi connectivity index (χ1v) is 6.22. The van der Waals surface area contributed by atoms with E-state index < -0.39 is 0 Å². The maximum Gasteiger partial charge on any atom is 0.132 e. The smallest absolute Gasteiger partial charge is 0.132 e. The molecule has 94 valence electrons. The van der Waals surface area contributed by atoms with E-state index in [0.717, 1.165) is 30.2 Å². The third-order valence-corrected chi connectivity index (χ3v) is 2.69. The van der Waals surface area contributed by atoms with Gasteiger partial charge in [-0.25, -0.2) is 4.98 Å². The van der Waals surface area contributed by atoms with Crippen molar-refractivity contribution >= 4 is 5.82 Å². The lowest BCUT2D eigenvalue weighted by molar-refractivity contribution is 0.482. The van der Waals surface area contributed by atoms with Crippen LogP contribution in [-0.4, -0.2) is 12.0 Å². The molecule has 3 heteroatoms. The van der Waals surface area contributed by atoms with E-state index in [4.69, 9.17) is 4.74 Å². The summed E-state index contributed by atoms with van der Waals surface area (Å²) in [7, 11) is 1.84. The van der Waals surface area contributed by atoms with Crippen molar-refractivity contribution < 1.29 is 4.74 Å². The van der Waals surface area contributed by atoms with Crippen LogP contribution in [-0.2, 0) is 6.42 Å². The highest BCUT2D eigenvalue weighted by atomic mass is 16.5. The summed E-state index contributed by atoms with van der Waals surface area (Å²) in [5, 5.41) is 2.99. The van der Waals surface area contributed by atoms with Crippen molar-refractivity contribution in [2.75, 3.05) is 12.4 Å². The highest BCUT2D eigenvalue weighted by molar-refractivity contribution is 5.42. The fourth-order valence-electron chi connectivity index (χ4n) is 1.76. The molecular formula is C15H18N2O. The van der Waals surface area contributed by atoms with Gasteiger partial charge in [0.1, 0.15) is 17.3 Å². The molecule has 0 aliphatic rings. The van der Waals surface area contributed by atoms with Gasteiger partial charge in [-0.2, -0.15) is 0 Å². The maximum absolute atomic E-state index is 5.77. The number of nitrogens with zero attached hydrogens (tertiary/aromatic N) is 1. The summed E-state index contributed by atoms with van der Waals surface area (Å²) in [5.74, 6) is 2.44. The molecule has 0 fully saturated rings. The quantitative estimate of drug-likeness (QED) is 0.864. The van der Waals surface area contributed by atoms with Crippen LogP contribution in [0.2, 0.25) is 0 Å². The molecule has 2 rings (SSSR count). The molecule has 1 aromatic carbocycles. The zero-order valence-electron chi connectivity index (χ0n) is 10.8. The molecule has 0 amide bonds. The summed E-state index contributed by atoms with van der Waals surface area (Å²) in [5.41, 5.74) is 1.34. The zero-order valence-corrected chi connectivity index (χ0v) is 10.8. The van der Waals surface area contributed by atoms with Crippen LogP contribution in [0.3, 0.4) is 0 Å². The number of ether oxygens (including phenoxy) is 1. The van der Waals surface area contributed by atoms with Crippen molar-refractivity contribution in [3.05, 3.63) is 48.2 Å². The Morgan fingerprint density at radius 3 is 2.56 bits per heavy atom. The Bertz CT molecular complexity index is 494. The number of nitrogens with one attached hydrogen (secondary N) is 1. The lowest BCUT2D eigenvalue weighted by Gasteiger charge is -2.07. The predicted octanol–water partition coefficient (Wildman–Crippen LogP) is 3.87. The second-order valence-electron chi connectivity index (χ2n) is 4.12. The van der Waals surface area contributed by atoms with E-state index in [1.807, 2.05) is 31.3 Å². The van der Waals surface area contributed by atoms with E-state index in [1.165, 1.54) is 5.56 Å². The molecule has 1 N–H and O–H groups in total. The molecule has 0 spiro atoms. The van der Waals surface area contributed by atoms with E-state index >= 15 is 0 Å². The molecule has 0 bridgehead atoms. The molecule has 0 aliphatic carbocycles. The van der Waals surface area contributed by atoms with Crippen molar-refractivity contribution in [1.29, 1.82) is 0 Å². The second kappa shape index (κ2) is 6.05. The van der Waals surface area contributed by atoms with Gasteiger partial charge in [0.05, 0.1) is 0 Å². The summed E-state index contributed by atoms with van der Waals surface area (Å²) in [6.07, 6.45) is 4.00.